The Hall–Kier alpha value is -1.10. The molecule has 1 heterocycles. The lowest BCUT2D eigenvalue weighted by molar-refractivity contribution is -0.140. The van der Waals surface area contributed by atoms with Gasteiger partial charge in [-0.2, -0.15) is 0 Å². The maximum atomic E-state index is 12.4. The van der Waals surface area contributed by atoms with E-state index in [4.69, 9.17) is 9.84 Å². The number of carbonyl (C=O) groups is 2. The number of carboxylic acid groups (broad SMARTS) is 1. The molecule has 21 heavy (non-hydrogen) atoms. The number of ether oxygens (including phenoxy) is 1. The summed E-state index contributed by atoms with van der Waals surface area (Å²) >= 11 is 0. The van der Waals surface area contributed by atoms with Crippen LogP contribution in [0, 0.1) is 11.3 Å². The molecule has 0 spiro atoms. The van der Waals surface area contributed by atoms with Gasteiger partial charge in [0, 0.05) is 13.0 Å². The van der Waals surface area contributed by atoms with E-state index in [1.54, 1.807) is 0 Å². The first-order valence-electron chi connectivity index (χ1n) is 8.21. The summed E-state index contributed by atoms with van der Waals surface area (Å²) in [7, 11) is 0. The Labute approximate surface area is 125 Å². The molecule has 1 amide bonds. The lowest BCUT2D eigenvalue weighted by Crippen LogP contribution is -2.43. The molecule has 0 bridgehead atoms. The number of hydrogen-bond donors (Lipinski definition) is 2. The third-order valence-corrected chi connectivity index (χ3v) is 5.29. The summed E-state index contributed by atoms with van der Waals surface area (Å²) < 4.78 is 5.74. The van der Waals surface area contributed by atoms with Gasteiger partial charge in [-0.1, -0.05) is 12.8 Å². The Morgan fingerprint density at radius 3 is 2.48 bits per heavy atom. The van der Waals surface area contributed by atoms with Gasteiger partial charge in [0.25, 0.3) is 0 Å². The Kier molecular flexibility index (Phi) is 4.20. The summed E-state index contributed by atoms with van der Waals surface area (Å²) in [6.45, 7) is 0.729. The first-order chi connectivity index (χ1) is 10.1. The maximum absolute atomic E-state index is 12.4. The molecule has 1 saturated heterocycles. The Bertz CT molecular complexity index is 413. The largest absolute Gasteiger partial charge is 0.481 e. The van der Waals surface area contributed by atoms with Crippen molar-refractivity contribution in [2.45, 2.75) is 69.9 Å². The molecule has 0 aromatic carbocycles. The van der Waals surface area contributed by atoms with Crippen LogP contribution < -0.4 is 5.32 Å². The zero-order valence-corrected chi connectivity index (χ0v) is 12.5. The normalized spacial score (nSPS) is 31.2. The van der Waals surface area contributed by atoms with Gasteiger partial charge in [-0.3, -0.25) is 9.59 Å². The van der Waals surface area contributed by atoms with Gasteiger partial charge in [0.2, 0.25) is 5.91 Å². The van der Waals surface area contributed by atoms with E-state index in [0.717, 1.165) is 38.7 Å². The molecule has 2 saturated carbocycles. The van der Waals surface area contributed by atoms with Gasteiger partial charge in [-0.05, 0) is 43.4 Å². The molecule has 3 aliphatic rings. The molecule has 0 radical (unpaired) electrons. The van der Waals surface area contributed by atoms with E-state index >= 15 is 0 Å². The summed E-state index contributed by atoms with van der Waals surface area (Å²) in [6.07, 6.45) is 7.77. The third-order valence-electron chi connectivity index (χ3n) is 5.29. The molecule has 3 rings (SSSR count). The highest BCUT2D eigenvalue weighted by atomic mass is 16.5. The van der Waals surface area contributed by atoms with E-state index in [1.807, 2.05) is 0 Å². The lowest BCUT2D eigenvalue weighted by Gasteiger charge is -2.28. The van der Waals surface area contributed by atoms with E-state index in [1.165, 1.54) is 12.8 Å². The van der Waals surface area contributed by atoms with Crippen molar-refractivity contribution in [3.05, 3.63) is 0 Å². The van der Waals surface area contributed by atoms with Crippen LogP contribution in [-0.2, 0) is 14.3 Å². The van der Waals surface area contributed by atoms with Crippen molar-refractivity contribution in [1.29, 1.82) is 0 Å². The third kappa shape index (κ3) is 3.57. The number of nitrogens with one attached hydrogen (secondary N) is 1. The summed E-state index contributed by atoms with van der Waals surface area (Å²) in [5.74, 6) is -0.152. The second-order valence-electron chi connectivity index (χ2n) is 7.09. The minimum atomic E-state index is -0.787. The van der Waals surface area contributed by atoms with Crippen LogP contribution in [0.3, 0.4) is 0 Å². The zero-order valence-electron chi connectivity index (χ0n) is 12.5. The van der Waals surface area contributed by atoms with Crippen molar-refractivity contribution in [2.24, 2.45) is 11.3 Å². The molecule has 0 aromatic rings. The molecule has 2 N–H and O–H groups in total. The number of carboxylic acids is 1. The van der Waals surface area contributed by atoms with E-state index in [-0.39, 0.29) is 29.9 Å². The van der Waals surface area contributed by atoms with Crippen LogP contribution in [0.15, 0.2) is 0 Å². The Morgan fingerprint density at radius 2 is 1.86 bits per heavy atom. The second kappa shape index (κ2) is 5.95. The molecular weight excluding hydrogens is 270 g/mol. The maximum Gasteiger partial charge on any atom is 0.303 e. The van der Waals surface area contributed by atoms with Gasteiger partial charge < -0.3 is 15.2 Å². The van der Waals surface area contributed by atoms with E-state index in [2.05, 4.69) is 5.32 Å². The standard InChI is InChI=1S/C16H25NO4/c18-13(9-16(10-14(19)20)6-1-2-7-16)17-12-5-8-21-15(12)11-3-4-11/h11-12,15H,1-10H2,(H,17,18)(H,19,20). The topological polar surface area (TPSA) is 75.6 Å². The Morgan fingerprint density at radius 1 is 1.14 bits per heavy atom. The fourth-order valence-corrected chi connectivity index (χ4v) is 4.12. The van der Waals surface area contributed by atoms with Crippen LogP contribution >= 0.6 is 0 Å². The van der Waals surface area contributed by atoms with Crippen molar-refractivity contribution >= 4 is 11.9 Å². The fourth-order valence-electron chi connectivity index (χ4n) is 4.12. The van der Waals surface area contributed by atoms with E-state index in [0.29, 0.717) is 12.3 Å². The van der Waals surface area contributed by atoms with Gasteiger partial charge in [0.15, 0.2) is 0 Å². The smallest absolute Gasteiger partial charge is 0.303 e. The number of hydrogen-bond acceptors (Lipinski definition) is 3. The van der Waals surface area contributed by atoms with Gasteiger partial charge in [-0.15, -0.1) is 0 Å². The molecule has 1 aliphatic heterocycles. The molecule has 118 valence electrons. The molecule has 3 fully saturated rings. The van der Waals surface area contributed by atoms with Crippen LogP contribution in [0.5, 0.6) is 0 Å². The van der Waals surface area contributed by atoms with Crippen molar-refractivity contribution in [2.75, 3.05) is 6.61 Å². The predicted molar refractivity (Wildman–Crippen MR) is 76.8 cm³/mol. The minimum absolute atomic E-state index is 0.0132. The SMILES string of the molecule is O=C(O)CC1(CC(=O)NC2CCOC2C2CC2)CCCC1. The van der Waals surface area contributed by atoms with Gasteiger partial charge in [0.1, 0.15) is 0 Å². The zero-order chi connectivity index (χ0) is 14.9. The number of amides is 1. The summed E-state index contributed by atoms with van der Waals surface area (Å²) in [6, 6.07) is 0.133. The highest BCUT2D eigenvalue weighted by molar-refractivity contribution is 5.78. The number of aliphatic carboxylic acids is 1. The van der Waals surface area contributed by atoms with Crippen LogP contribution in [-0.4, -0.2) is 35.7 Å². The van der Waals surface area contributed by atoms with Gasteiger partial charge >= 0.3 is 5.97 Å². The molecule has 2 unspecified atom stereocenters. The van der Waals surface area contributed by atoms with Crippen molar-refractivity contribution in [3.8, 4) is 0 Å². The monoisotopic (exact) mass is 295 g/mol. The van der Waals surface area contributed by atoms with Crippen LogP contribution in [0.4, 0.5) is 0 Å². The molecular formula is C16H25NO4. The predicted octanol–water partition coefficient (Wildman–Crippen LogP) is 2.10. The second-order valence-corrected chi connectivity index (χ2v) is 7.09. The molecule has 2 atom stereocenters. The van der Waals surface area contributed by atoms with Crippen molar-refractivity contribution in [3.63, 3.8) is 0 Å². The fraction of sp³-hybridized carbons (Fsp3) is 0.875. The first-order valence-corrected chi connectivity index (χ1v) is 8.21. The quantitative estimate of drug-likeness (QED) is 0.787. The number of carbonyl (C=O) groups excluding carboxylic acids is 1. The summed E-state index contributed by atoms with van der Waals surface area (Å²) in [5, 5.41) is 12.2. The number of rotatable bonds is 6. The molecule has 0 aromatic heterocycles. The molecule has 2 aliphatic carbocycles. The first kappa shape index (κ1) is 14.8. The average molecular weight is 295 g/mol. The van der Waals surface area contributed by atoms with Gasteiger partial charge in [0.05, 0.1) is 18.6 Å². The average Bonchev–Trinajstić information content (AvgIpc) is 2.99. The lowest BCUT2D eigenvalue weighted by atomic mass is 9.79. The van der Waals surface area contributed by atoms with E-state index < -0.39 is 5.97 Å². The molecule has 5 heteroatoms. The summed E-state index contributed by atoms with van der Waals surface area (Å²) in [5.41, 5.74) is -0.315. The van der Waals surface area contributed by atoms with Crippen LogP contribution in [0.1, 0.15) is 57.8 Å². The minimum Gasteiger partial charge on any atom is -0.481 e. The highest BCUT2D eigenvalue weighted by Gasteiger charge is 2.43. The van der Waals surface area contributed by atoms with Crippen LogP contribution in [0.2, 0.25) is 0 Å². The van der Waals surface area contributed by atoms with Crippen molar-refractivity contribution in [1.82, 2.24) is 5.32 Å². The van der Waals surface area contributed by atoms with Crippen LogP contribution in [0.25, 0.3) is 0 Å². The summed E-state index contributed by atoms with van der Waals surface area (Å²) in [4.78, 5) is 23.5. The molecule has 5 nitrogen and oxygen atoms in total. The Balaban J connectivity index is 1.55. The highest BCUT2D eigenvalue weighted by Crippen LogP contribution is 2.44. The van der Waals surface area contributed by atoms with Gasteiger partial charge in [-0.25, -0.2) is 0 Å². The van der Waals surface area contributed by atoms with E-state index in [9.17, 15) is 9.59 Å². The van der Waals surface area contributed by atoms with Crippen molar-refractivity contribution < 1.29 is 19.4 Å².